The van der Waals surface area contributed by atoms with Gasteiger partial charge in [-0.05, 0) is 46.0 Å². The first-order valence-corrected chi connectivity index (χ1v) is 6.52. The van der Waals surface area contributed by atoms with Crippen LogP contribution in [0.15, 0.2) is 11.1 Å². The highest BCUT2D eigenvalue weighted by molar-refractivity contribution is 5.88. The van der Waals surface area contributed by atoms with E-state index in [1.54, 1.807) is 0 Å². The number of carbonyl (C=O) groups excluding carboxylic acids is 1. The minimum atomic E-state index is -0.0992. The summed E-state index contributed by atoms with van der Waals surface area (Å²) in [5.74, 6) is -0.0992. The molecule has 0 atom stereocenters. The van der Waals surface area contributed by atoms with E-state index in [-0.39, 0.29) is 12.1 Å². The third-order valence-electron chi connectivity index (χ3n) is 3.40. The molecule has 2 heteroatoms. The van der Waals surface area contributed by atoms with Gasteiger partial charge in [0.25, 0.3) is 0 Å². The summed E-state index contributed by atoms with van der Waals surface area (Å²) in [5.41, 5.74) is 1.98. The van der Waals surface area contributed by atoms with Crippen molar-refractivity contribution >= 4 is 5.97 Å². The number of hydrogen-bond acceptors (Lipinski definition) is 2. The van der Waals surface area contributed by atoms with Crippen molar-refractivity contribution in [3.05, 3.63) is 11.1 Å². The zero-order valence-electron chi connectivity index (χ0n) is 10.8. The maximum atomic E-state index is 11.8. The number of rotatable bonds is 4. The van der Waals surface area contributed by atoms with Gasteiger partial charge < -0.3 is 4.74 Å². The van der Waals surface area contributed by atoms with Gasteiger partial charge >= 0.3 is 5.97 Å². The van der Waals surface area contributed by atoms with Crippen molar-refractivity contribution in [2.75, 3.05) is 0 Å². The number of ether oxygens (including phenoxy) is 1. The van der Waals surface area contributed by atoms with Gasteiger partial charge in [0.1, 0.15) is 6.10 Å². The Morgan fingerprint density at radius 3 is 2.38 bits per heavy atom. The lowest BCUT2D eigenvalue weighted by atomic mass is 9.97. The van der Waals surface area contributed by atoms with Gasteiger partial charge in [-0.3, -0.25) is 0 Å². The van der Waals surface area contributed by atoms with Crippen LogP contribution in [-0.4, -0.2) is 12.1 Å². The summed E-state index contributed by atoms with van der Waals surface area (Å²) in [5, 5.41) is 0. The maximum Gasteiger partial charge on any atom is 0.333 e. The molecule has 2 nitrogen and oxygen atoms in total. The molecule has 0 amide bonds. The lowest BCUT2D eigenvalue weighted by Gasteiger charge is -2.22. The summed E-state index contributed by atoms with van der Waals surface area (Å²) in [4.78, 5) is 11.8. The van der Waals surface area contributed by atoms with Crippen molar-refractivity contribution in [2.24, 2.45) is 0 Å². The van der Waals surface area contributed by atoms with E-state index in [1.165, 1.54) is 24.8 Å². The zero-order valence-corrected chi connectivity index (χ0v) is 10.8. The first kappa shape index (κ1) is 13.3. The molecule has 1 saturated carbocycles. The summed E-state index contributed by atoms with van der Waals surface area (Å²) >= 11 is 0. The van der Waals surface area contributed by atoms with Crippen molar-refractivity contribution < 1.29 is 9.53 Å². The van der Waals surface area contributed by atoms with Gasteiger partial charge in [0, 0.05) is 5.57 Å². The summed E-state index contributed by atoms with van der Waals surface area (Å²) in [7, 11) is 0. The Morgan fingerprint density at radius 2 is 1.81 bits per heavy atom. The first-order chi connectivity index (χ1) is 7.65. The van der Waals surface area contributed by atoms with Crippen molar-refractivity contribution in [3.8, 4) is 0 Å². The second-order valence-electron chi connectivity index (χ2n) is 4.82. The fourth-order valence-electron chi connectivity index (χ4n) is 2.16. The molecule has 1 aliphatic rings. The van der Waals surface area contributed by atoms with E-state index < -0.39 is 0 Å². The van der Waals surface area contributed by atoms with Gasteiger partial charge in [-0.25, -0.2) is 4.79 Å². The molecule has 0 bridgehead atoms. The quantitative estimate of drug-likeness (QED) is 0.533. The molecule has 0 aromatic heterocycles. The number of allylic oxidation sites excluding steroid dienone is 1. The van der Waals surface area contributed by atoms with Crippen molar-refractivity contribution in [3.63, 3.8) is 0 Å². The molecule has 0 spiro atoms. The smallest absolute Gasteiger partial charge is 0.333 e. The number of hydrogen-bond donors (Lipinski definition) is 0. The second kappa shape index (κ2) is 6.72. The van der Waals surface area contributed by atoms with E-state index in [4.69, 9.17) is 4.74 Å². The number of esters is 1. The van der Waals surface area contributed by atoms with E-state index in [0.717, 1.165) is 31.3 Å². The highest BCUT2D eigenvalue weighted by Crippen LogP contribution is 2.22. The third kappa shape index (κ3) is 3.99. The van der Waals surface area contributed by atoms with Crippen LogP contribution >= 0.6 is 0 Å². The Labute approximate surface area is 99.1 Å². The lowest BCUT2D eigenvalue weighted by molar-refractivity contribution is -0.145. The van der Waals surface area contributed by atoms with Gasteiger partial charge in [0.05, 0.1) is 0 Å². The zero-order chi connectivity index (χ0) is 12.0. The van der Waals surface area contributed by atoms with E-state index in [2.05, 4.69) is 6.92 Å². The average molecular weight is 224 g/mol. The summed E-state index contributed by atoms with van der Waals surface area (Å²) in [6.45, 7) is 6.04. The molecule has 0 unspecified atom stereocenters. The van der Waals surface area contributed by atoms with Gasteiger partial charge in [-0.15, -0.1) is 0 Å². The second-order valence-corrected chi connectivity index (χ2v) is 4.82. The summed E-state index contributed by atoms with van der Waals surface area (Å²) in [6, 6.07) is 0. The monoisotopic (exact) mass is 224 g/mol. The summed E-state index contributed by atoms with van der Waals surface area (Å²) in [6.07, 6.45) is 8.04. The minimum Gasteiger partial charge on any atom is -0.459 e. The molecule has 1 fully saturated rings. The van der Waals surface area contributed by atoms with Crippen LogP contribution in [0, 0.1) is 0 Å². The minimum absolute atomic E-state index is 0.0992. The fraction of sp³-hybridized carbons (Fsp3) is 0.786. The summed E-state index contributed by atoms with van der Waals surface area (Å²) < 4.78 is 5.52. The van der Waals surface area contributed by atoms with Crippen LogP contribution in [0.2, 0.25) is 0 Å². The van der Waals surface area contributed by atoms with Crippen LogP contribution < -0.4 is 0 Å². The predicted molar refractivity (Wildman–Crippen MR) is 66.2 cm³/mol. The standard InChI is InChI=1S/C14H24O2/c1-4-8-11(2)12(3)14(15)16-13-9-6-5-7-10-13/h13H,4-10H2,1-3H3. The molecule has 16 heavy (non-hydrogen) atoms. The Bertz CT molecular complexity index is 260. The fourth-order valence-corrected chi connectivity index (χ4v) is 2.16. The Kier molecular flexibility index (Phi) is 5.58. The van der Waals surface area contributed by atoms with Crippen LogP contribution in [0.1, 0.15) is 65.7 Å². The van der Waals surface area contributed by atoms with Crippen LogP contribution in [0.25, 0.3) is 0 Å². The maximum absolute atomic E-state index is 11.8. The Hall–Kier alpha value is -0.790. The van der Waals surface area contributed by atoms with Gasteiger partial charge in [0.15, 0.2) is 0 Å². The average Bonchev–Trinajstić information content (AvgIpc) is 2.29. The molecule has 92 valence electrons. The van der Waals surface area contributed by atoms with E-state index in [0.29, 0.717) is 0 Å². The highest BCUT2D eigenvalue weighted by atomic mass is 16.5. The van der Waals surface area contributed by atoms with Crippen LogP contribution in [-0.2, 0) is 9.53 Å². The van der Waals surface area contributed by atoms with Gasteiger partial charge in [0.2, 0.25) is 0 Å². The molecule has 1 rings (SSSR count). The molecule has 0 aliphatic heterocycles. The highest BCUT2D eigenvalue weighted by Gasteiger charge is 2.19. The first-order valence-electron chi connectivity index (χ1n) is 6.52. The molecule has 0 N–H and O–H groups in total. The SMILES string of the molecule is CCCC(C)=C(C)C(=O)OC1CCCCC1. The molecule has 0 aromatic carbocycles. The van der Waals surface area contributed by atoms with Crippen molar-refractivity contribution in [1.29, 1.82) is 0 Å². The molecular weight excluding hydrogens is 200 g/mol. The molecule has 0 heterocycles. The molecule has 0 saturated heterocycles. The lowest BCUT2D eigenvalue weighted by Crippen LogP contribution is -2.21. The topological polar surface area (TPSA) is 26.3 Å². The molecule has 1 aliphatic carbocycles. The van der Waals surface area contributed by atoms with E-state index >= 15 is 0 Å². The van der Waals surface area contributed by atoms with Crippen LogP contribution in [0.3, 0.4) is 0 Å². The predicted octanol–water partition coefficient (Wildman–Crippen LogP) is 4.00. The normalized spacial score (nSPS) is 19.2. The van der Waals surface area contributed by atoms with Crippen LogP contribution in [0.4, 0.5) is 0 Å². The van der Waals surface area contributed by atoms with Crippen LogP contribution in [0.5, 0.6) is 0 Å². The van der Waals surface area contributed by atoms with Gasteiger partial charge in [-0.1, -0.05) is 25.3 Å². The Morgan fingerprint density at radius 1 is 1.19 bits per heavy atom. The number of carbonyl (C=O) groups is 1. The Balaban J connectivity index is 2.47. The van der Waals surface area contributed by atoms with Crippen molar-refractivity contribution in [1.82, 2.24) is 0 Å². The van der Waals surface area contributed by atoms with E-state index in [9.17, 15) is 4.79 Å². The van der Waals surface area contributed by atoms with Gasteiger partial charge in [-0.2, -0.15) is 0 Å². The van der Waals surface area contributed by atoms with E-state index in [1.807, 2.05) is 13.8 Å². The van der Waals surface area contributed by atoms with Crippen molar-refractivity contribution in [2.45, 2.75) is 71.8 Å². The third-order valence-corrected chi connectivity index (χ3v) is 3.40. The largest absolute Gasteiger partial charge is 0.459 e. The molecular formula is C14H24O2. The molecule has 0 radical (unpaired) electrons. The molecule has 0 aromatic rings.